The van der Waals surface area contributed by atoms with E-state index < -0.39 is 0 Å². The lowest BCUT2D eigenvalue weighted by Gasteiger charge is -2.38. The zero-order valence-electron chi connectivity index (χ0n) is 12.8. The van der Waals surface area contributed by atoms with Crippen molar-refractivity contribution in [1.29, 1.82) is 0 Å². The third kappa shape index (κ3) is 2.56. The first kappa shape index (κ1) is 14.6. The second-order valence-electron chi connectivity index (χ2n) is 6.54. The van der Waals surface area contributed by atoms with Crippen LogP contribution in [0.25, 0.3) is 0 Å². The van der Waals surface area contributed by atoms with Gasteiger partial charge in [-0.15, -0.1) is 0 Å². The van der Waals surface area contributed by atoms with E-state index in [1.54, 1.807) is 0 Å². The average Bonchev–Trinajstić information content (AvgIpc) is 3.13. The Morgan fingerprint density at radius 1 is 1.14 bits per heavy atom. The number of likely N-dealkylation sites (tertiary alicyclic amines) is 1. The van der Waals surface area contributed by atoms with Crippen molar-refractivity contribution in [3.05, 3.63) is 34.3 Å². The van der Waals surface area contributed by atoms with Gasteiger partial charge in [0.05, 0.1) is 0 Å². The van der Waals surface area contributed by atoms with E-state index in [0.717, 1.165) is 28.9 Å². The Bertz CT molecular complexity index is 601. The van der Waals surface area contributed by atoms with E-state index in [1.165, 1.54) is 44.2 Å². The zero-order valence-corrected chi connectivity index (χ0v) is 14.4. The van der Waals surface area contributed by atoms with Gasteiger partial charge in [-0.3, -0.25) is 4.90 Å². The number of benzene rings is 1. The summed E-state index contributed by atoms with van der Waals surface area (Å²) in [5, 5.41) is 0. The van der Waals surface area contributed by atoms with Gasteiger partial charge in [-0.2, -0.15) is 0 Å². The van der Waals surface area contributed by atoms with Crippen molar-refractivity contribution < 1.29 is 9.47 Å². The van der Waals surface area contributed by atoms with Crippen LogP contribution in [-0.2, 0) is 6.42 Å². The summed E-state index contributed by atoms with van der Waals surface area (Å²) in [6.07, 6.45) is 12.5. The highest BCUT2D eigenvalue weighted by molar-refractivity contribution is 9.10. The molecule has 2 aliphatic heterocycles. The Morgan fingerprint density at radius 3 is 2.77 bits per heavy atom. The minimum atomic E-state index is 0.339. The third-order valence-corrected chi connectivity index (χ3v) is 6.01. The van der Waals surface area contributed by atoms with Crippen molar-refractivity contribution in [3.8, 4) is 11.5 Å². The normalized spacial score (nSPS) is 27.0. The minimum absolute atomic E-state index is 0.339. The van der Waals surface area contributed by atoms with Crippen LogP contribution in [0.15, 0.2) is 28.8 Å². The van der Waals surface area contributed by atoms with Crippen LogP contribution in [0, 0.1) is 0 Å². The second kappa shape index (κ2) is 5.89. The first-order chi connectivity index (χ1) is 10.8. The molecule has 0 aromatic heterocycles. The molecule has 118 valence electrons. The van der Waals surface area contributed by atoms with Crippen molar-refractivity contribution in [2.24, 2.45) is 0 Å². The molecule has 0 N–H and O–H groups in total. The van der Waals surface area contributed by atoms with E-state index in [2.05, 4.69) is 39.0 Å². The van der Waals surface area contributed by atoms with Gasteiger partial charge in [0.15, 0.2) is 11.5 Å². The molecule has 4 rings (SSSR count). The molecule has 0 saturated carbocycles. The molecule has 0 amide bonds. The van der Waals surface area contributed by atoms with Gasteiger partial charge in [0.1, 0.15) is 0 Å². The van der Waals surface area contributed by atoms with Crippen LogP contribution in [-0.4, -0.2) is 30.3 Å². The molecular weight excluding hydrogens is 342 g/mol. The molecular formula is C18H22BrNO2. The summed E-state index contributed by atoms with van der Waals surface area (Å²) in [5.74, 6) is 1.73. The fourth-order valence-corrected chi connectivity index (χ4v) is 4.60. The van der Waals surface area contributed by atoms with Gasteiger partial charge in [0, 0.05) is 16.6 Å². The molecule has 1 unspecified atom stereocenters. The average molecular weight is 364 g/mol. The van der Waals surface area contributed by atoms with E-state index in [0.29, 0.717) is 12.3 Å². The number of fused-ring (bicyclic) bond motifs is 1. The fraction of sp³-hybridized carbons (Fsp3) is 0.556. The summed E-state index contributed by atoms with van der Waals surface area (Å²) < 4.78 is 12.1. The Morgan fingerprint density at radius 2 is 1.95 bits per heavy atom. The molecule has 0 radical (unpaired) electrons. The zero-order chi connectivity index (χ0) is 15.0. The molecule has 4 heteroatoms. The quantitative estimate of drug-likeness (QED) is 0.747. The molecule has 1 aromatic carbocycles. The molecule has 1 spiro atoms. The molecule has 22 heavy (non-hydrogen) atoms. The highest BCUT2D eigenvalue weighted by Crippen LogP contribution is 2.40. The van der Waals surface area contributed by atoms with Gasteiger partial charge in [-0.05, 0) is 62.8 Å². The van der Waals surface area contributed by atoms with Gasteiger partial charge >= 0.3 is 0 Å². The topological polar surface area (TPSA) is 21.7 Å². The largest absolute Gasteiger partial charge is 0.454 e. The number of halogens is 1. The number of hydrogen-bond donors (Lipinski definition) is 0. The SMILES string of the molecule is Brc1cc2c(cc1CCN1CCCC13C=CCCC3)OCO2. The van der Waals surface area contributed by atoms with Crippen LogP contribution in [0.5, 0.6) is 11.5 Å². The number of rotatable bonds is 3. The lowest BCUT2D eigenvalue weighted by Crippen LogP contribution is -2.44. The van der Waals surface area contributed by atoms with Crippen LogP contribution in [0.2, 0.25) is 0 Å². The maximum atomic E-state index is 5.51. The highest BCUT2D eigenvalue weighted by atomic mass is 79.9. The molecule has 1 aromatic rings. The fourth-order valence-electron chi connectivity index (χ4n) is 4.08. The smallest absolute Gasteiger partial charge is 0.231 e. The third-order valence-electron chi connectivity index (χ3n) is 5.27. The predicted octanol–water partition coefficient (Wildman–Crippen LogP) is 4.30. The van der Waals surface area contributed by atoms with Crippen molar-refractivity contribution >= 4 is 15.9 Å². The molecule has 1 atom stereocenters. The first-order valence-electron chi connectivity index (χ1n) is 8.28. The lowest BCUT2D eigenvalue weighted by atomic mass is 9.85. The number of hydrogen-bond acceptors (Lipinski definition) is 3. The van der Waals surface area contributed by atoms with Gasteiger partial charge in [-0.25, -0.2) is 0 Å². The molecule has 0 bridgehead atoms. The maximum Gasteiger partial charge on any atom is 0.231 e. The summed E-state index contributed by atoms with van der Waals surface area (Å²) in [7, 11) is 0. The number of allylic oxidation sites excluding steroid dienone is 1. The van der Waals surface area contributed by atoms with Gasteiger partial charge < -0.3 is 9.47 Å². The van der Waals surface area contributed by atoms with Crippen molar-refractivity contribution in [2.45, 2.75) is 44.1 Å². The van der Waals surface area contributed by atoms with Crippen LogP contribution in [0.3, 0.4) is 0 Å². The Balaban J connectivity index is 1.48. The van der Waals surface area contributed by atoms with E-state index in [9.17, 15) is 0 Å². The molecule has 2 heterocycles. The van der Waals surface area contributed by atoms with Gasteiger partial charge in [-0.1, -0.05) is 28.1 Å². The number of nitrogens with zero attached hydrogens (tertiary/aromatic N) is 1. The highest BCUT2D eigenvalue weighted by Gasteiger charge is 2.38. The minimum Gasteiger partial charge on any atom is -0.454 e. The van der Waals surface area contributed by atoms with Crippen LogP contribution < -0.4 is 9.47 Å². The van der Waals surface area contributed by atoms with E-state index >= 15 is 0 Å². The molecule has 3 aliphatic rings. The summed E-state index contributed by atoms with van der Waals surface area (Å²) in [5.41, 5.74) is 1.66. The Labute approximate surface area is 140 Å². The first-order valence-corrected chi connectivity index (χ1v) is 9.07. The maximum absolute atomic E-state index is 5.51. The Hall–Kier alpha value is -1.00. The summed E-state index contributed by atoms with van der Waals surface area (Å²) in [4.78, 5) is 2.69. The van der Waals surface area contributed by atoms with Crippen molar-refractivity contribution in [3.63, 3.8) is 0 Å². The van der Waals surface area contributed by atoms with E-state index in [4.69, 9.17) is 9.47 Å². The lowest BCUT2D eigenvalue weighted by molar-refractivity contribution is 0.167. The van der Waals surface area contributed by atoms with Crippen LogP contribution in [0.1, 0.15) is 37.7 Å². The van der Waals surface area contributed by atoms with E-state index in [1.807, 2.05) is 6.07 Å². The number of ether oxygens (including phenoxy) is 2. The summed E-state index contributed by atoms with van der Waals surface area (Å²) >= 11 is 3.68. The molecule has 1 fully saturated rings. The monoisotopic (exact) mass is 363 g/mol. The molecule has 1 aliphatic carbocycles. The van der Waals surface area contributed by atoms with Crippen LogP contribution >= 0.6 is 15.9 Å². The van der Waals surface area contributed by atoms with Gasteiger partial charge in [0.25, 0.3) is 0 Å². The summed E-state index contributed by atoms with van der Waals surface area (Å²) in [6, 6.07) is 4.17. The van der Waals surface area contributed by atoms with Crippen molar-refractivity contribution in [2.75, 3.05) is 19.9 Å². The second-order valence-corrected chi connectivity index (χ2v) is 7.39. The standard InChI is InChI=1S/C18H22BrNO2/c19-15-12-17-16(21-13-22-17)11-14(15)5-10-20-9-4-8-18(20)6-2-1-3-7-18/h2,6,11-12H,1,3-5,7-10,13H2. The predicted molar refractivity (Wildman–Crippen MR) is 90.5 cm³/mol. The summed E-state index contributed by atoms with van der Waals surface area (Å²) in [6.45, 7) is 2.68. The van der Waals surface area contributed by atoms with Crippen molar-refractivity contribution in [1.82, 2.24) is 4.90 Å². The van der Waals surface area contributed by atoms with Gasteiger partial charge in [0.2, 0.25) is 6.79 Å². The van der Waals surface area contributed by atoms with Crippen LogP contribution in [0.4, 0.5) is 0 Å². The van der Waals surface area contributed by atoms with E-state index in [-0.39, 0.29) is 0 Å². The molecule has 3 nitrogen and oxygen atoms in total. The molecule has 1 saturated heterocycles. The Kier molecular flexibility index (Phi) is 3.91.